The number of hydrogen-bond acceptors (Lipinski definition) is 2. The molecule has 0 atom stereocenters. The third-order valence-electron chi connectivity index (χ3n) is 1.44. The lowest BCUT2D eigenvalue weighted by atomic mass is 10.3. The van der Waals surface area contributed by atoms with E-state index in [2.05, 4.69) is 22.9 Å². The normalized spacial score (nSPS) is 11.3. The molecule has 14 heavy (non-hydrogen) atoms. The highest BCUT2D eigenvalue weighted by Crippen LogP contribution is 2.32. The second-order valence-electron chi connectivity index (χ2n) is 3.03. The number of carbonyl (C=O) groups is 1. The summed E-state index contributed by atoms with van der Waals surface area (Å²) in [5.41, 5.74) is 0.823. The van der Waals surface area contributed by atoms with Crippen molar-refractivity contribution in [2.24, 2.45) is 0 Å². The lowest BCUT2D eigenvalue weighted by Gasteiger charge is -2.03. The Hall–Kier alpha value is -0.220. The molecule has 0 aromatic rings. The van der Waals surface area contributed by atoms with Gasteiger partial charge in [0.05, 0.1) is 8.72 Å². The Labute approximate surface area is 97.6 Å². The number of allylic oxidation sites excluding steroid dienone is 2. The fourth-order valence-corrected chi connectivity index (χ4v) is 2.16. The zero-order valence-corrected chi connectivity index (χ0v) is 11.0. The summed E-state index contributed by atoms with van der Waals surface area (Å²) >= 11 is 4.60. The third-order valence-corrected chi connectivity index (χ3v) is 3.40. The van der Waals surface area contributed by atoms with Crippen LogP contribution in [0.25, 0.3) is 0 Å². The first-order valence-corrected chi connectivity index (χ1v) is 6.04. The molecule has 0 aromatic carbocycles. The van der Waals surface area contributed by atoms with E-state index in [-0.39, 0.29) is 0 Å². The van der Waals surface area contributed by atoms with Crippen LogP contribution < -0.4 is 0 Å². The van der Waals surface area contributed by atoms with E-state index < -0.39 is 5.97 Å². The number of carboxylic acid groups (broad SMARTS) is 1. The average Bonchev–Trinajstić information content (AvgIpc) is 2.09. The molecule has 0 saturated heterocycles. The molecule has 0 aliphatic carbocycles. The maximum atomic E-state index is 10.8. The van der Waals surface area contributed by atoms with Gasteiger partial charge in [0.25, 0.3) is 0 Å². The van der Waals surface area contributed by atoms with Gasteiger partial charge in [0, 0.05) is 0 Å². The van der Waals surface area contributed by atoms with Crippen LogP contribution in [0.2, 0.25) is 0 Å². The van der Waals surface area contributed by atoms with Crippen LogP contribution in [0.15, 0.2) is 20.4 Å². The molecule has 0 aliphatic rings. The number of unbranched alkanes of at least 4 members (excludes halogenated alkanes) is 1. The van der Waals surface area contributed by atoms with Gasteiger partial charge >= 0.3 is 5.97 Å². The largest absolute Gasteiger partial charge is 0.477 e. The number of halogens is 1. The quantitative estimate of drug-likeness (QED) is 0.769. The highest BCUT2D eigenvalue weighted by Gasteiger charge is 2.11. The Morgan fingerprint density at radius 3 is 2.43 bits per heavy atom. The maximum Gasteiger partial charge on any atom is 0.342 e. The molecular weight excluding hydrogens is 264 g/mol. The monoisotopic (exact) mass is 278 g/mol. The first kappa shape index (κ1) is 13.8. The number of thioether (sulfide) groups is 1. The molecule has 0 aromatic heterocycles. The zero-order chi connectivity index (χ0) is 11.1. The number of hydrogen-bond donors (Lipinski definition) is 1. The van der Waals surface area contributed by atoms with Gasteiger partial charge in [0.2, 0.25) is 0 Å². The highest BCUT2D eigenvalue weighted by atomic mass is 79.9. The first-order chi connectivity index (χ1) is 6.49. The van der Waals surface area contributed by atoms with E-state index in [0.29, 0.717) is 4.91 Å². The zero-order valence-electron chi connectivity index (χ0n) is 8.63. The van der Waals surface area contributed by atoms with Crippen molar-refractivity contribution in [3.63, 3.8) is 0 Å². The van der Waals surface area contributed by atoms with Gasteiger partial charge in [0.1, 0.15) is 0 Å². The first-order valence-electron chi connectivity index (χ1n) is 4.43. The van der Waals surface area contributed by atoms with E-state index in [1.165, 1.54) is 11.8 Å². The molecule has 0 amide bonds. The minimum Gasteiger partial charge on any atom is -0.477 e. The van der Waals surface area contributed by atoms with Gasteiger partial charge in [0.15, 0.2) is 0 Å². The molecule has 0 radical (unpaired) electrons. The summed E-state index contributed by atoms with van der Waals surface area (Å²) in [6.07, 6.45) is 4.02. The Morgan fingerprint density at radius 2 is 2.07 bits per heavy atom. The molecule has 0 aliphatic heterocycles. The smallest absolute Gasteiger partial charge is 0.342 e. The van der Waals surface area contributed by atoms with Gasteiger partial charge in [-0.1, -0.05) is 36.8 Å². The second-order valence-corrected chi connectivity index (χ2v) is 5.46. The van der Waals surface area contributed by atoms with Crippen molar-refractivity contribution in [1.29, 1.82) is 0 Å². The van der Waals surface area contributed by atoms with Crippen molar-refractivity contribution in [3.8, 4) is 0 Å². The molecule has 0 spiro atoms. The summed E-state index contributed by atoms with van der Waals surface area (Å²) in [5.74, 6) is -0.864. The van der Waals surface area contributed by atoms with E-state index in [1.807, 2.05) is 6.08 Å². The van der Waals surface area contributed by atoms with E-state index >= 15 is 0 Å². The van der Waals surface area contributed by atoms with Gasteiger partial charge < -0.3 is 5.11 Å². The fourth-order valence-electron chi connectivity index (χ4n) is 0.757. The molecule has 80 valence electrons. The van der Waals surface area contributed by atoms with Crippen LogP contribution in [0.5, 0.6) is 0 Å². The Balaban J connectivity index is 4.48. The summed E-state index contributed by atoms with van der Waals surface area (Å²) in [6.45, 7) is 5.69. The lowest BCUT2D eigenvalue weighted by Crippen LogP contribution is -1.98. The summed E-state index contributed by atoms with van der Waals surface area (Å²) in [6, 6.07) is 0. The highest BCUT2D eigenvalue weighted by molar-refractivity contribution is 9.14. The molecule has 1 N–H and O–H groups in total. The number of rotatable bonds is 5. The number of aliphatic carboxylic acids is 1. The molecule has 2 nitrogen and oxygen atoms in total. The van der Waals surface area contributed by atoms with Crippen molar-refractivity contribution < 1.29 is 9.90 Å². The van der Waals surface area contributed by atoms with Crippen LogP contribution in [0.3, 0.4) is 0 Å². The number of carboxylic acids is 1. The molecule has 4 heteroatoms. The fraction of sp³-hybridized carbons (Fsp3) is 0.500. The molecule has 0 unspecified atom stereocenters. The van der Waals surface area contributed by atoms with Gasteiger partial charge in [-0.25, -0.2) is 4.79 Å². The minimum atomic E-state index is -0.864. The lowest BCUT2D eigenvalue weighted by molar-refractivity contribution is -0.131. The van der Waals surface area contributed by atoms with Crippen LogP contribution in [0, 0.1) is 0 Å². The van der Waals surface area contributed by atoms with E-state index in [9.17, 15) is 4.79 Å². The molecule has 0 fully saturated rings. The minimum absolute atomic E-state index is 0.393. The van der Waals surface area contributed by atoms with Crippen molar-refractivity contribution in [1.82, 2.24) is 0 Å². The van der Waals surface area contributed by atoms with Crippen molar-refractivity contribution >= 4 is 33.7 Å². The van der Waals surface area contributed by atoms with Crippen molar-refractivity contribution in [2.75, 3.05) is 0 Å². The van der Waals surface area contributed by atoms with E-state index in [0.717, 1.165) is 22.2 Å². The van der Waals surface area contributed by atoms with Gasteiger partial charge in [-0.2, -0.15) is 0 Å². The van der Waals surface area contributed by atoms with Crippen LogP contribution >= 0.6 is 27.7 Å². The molecule has 0 bridgehead atoms. The third kappa shape index (κ3) is 5.50. The second kappa shape index (κ2) is 7.12. The van der Waals surface area contributed by atoms with Gasteiger partial charge in [-0.05, 0) is 36.2 Å². The van der Waals surface area contributed by atoms with Crippen molar-refractivity contribution in [2.45, 2.75) is 33.6 Å². The molecule has 0 rings (SSSR count). The predicted molar refractivity (Wildman–Crippen MR) is 65.5 cm³/mol. The standard InChI is InChI=1S/C10H15BrO2S/c1-4-5-6-8(11)14-9(7(2)3)10(12)13/h6H,4-5H2,1-3H3,(H,12,13)/b8-6+. The van der Waals surface area contributed by atoms with Crippen LogP contribution in [-0.2, 0) is 4.79 Å². The van der Waals surface area contributed by atoms with Crippen molar-refractivity contribution in [3.05, 3.63) is 20.4 Å². The summed E-state index contributed by atoms with van der Waals surface area (Å²) in [4.78, 5) is 11.2. The topological polar surface area (TPSA) is 37.3 Å². The van der Waals surface area contributed by atoms with Gasteiger partial charge in [-0.3, -0.25) is 0 Å². The maximum absolute atomic E-state index is 10.8. The van der Waals surface area contributed by atoms with E-state index in [4.69, 9.17) is 5.11 Å². The summed E-state index contributed by atoms with van der Waals surface area (Å²) in [5, 5.41) is 8.89. The summed E-state index contributed by atoms with van der Waals surface area (Å²) < 4.78 is 0.873. The molecule has 0 saturated carbocycles. The van der Waals surface area contributed by atoms with E-state index in [1.54, 1.807) is 13.8 Å². The molecule has 0 heterocycles. The van der Waals surface area contributed by atoms with Crippen LogP contribution in [-0.4, -0.2) is 11.1 Å². The van der Waals surface area contributed by atoms with Gasteiger partial charge in [-0.15, -0.1) is 0 Å². The predicted octanol–water partition coefficient (Wildman–Crippen LogP) is 4.13. The molecular formula is C10H15BrO2S. The Kier molecular flexibility index (Phi) is 7.01. The average molecular weight is 279 g/mol. The SMILES string of the molecule is CCC/C=C(\Br)SC(C(=O)O)=C(C)C. The Morgan fingerprint density at radius 1 is 1.50 bits per heavy atom. The van der Waals surface area contributed by atoms with Crippen LogP contribution in [0.4, 0.5) is 0 Å². The Bertz CT molecular complexity index is 265. The summed E-state index contributed by atoms with van der Waals surface area (Å²) in [7, 11) is 0. The van der Waals surface area contributed by atoms with Crippen LogP contribution in [0.1, 0.15) is 33.6 Å².